The van der Waals surface area contributed by atoms with Crippen molar-refractivity contribution in [3.63, 3.8) is 0 Å². The summed E-state index contributed by atoms with van der Waals surface area (Å²) < 4.78 is 31.2. The maximum Gasteiger partial charge on any atom is 0.294 e. The first kappa shape index (κ1) is 16.6. The molecule has 0 aromatic heterocycles. The molecule has 0 fully saturated rings. The van der Waals surface area contributed by atoms with Gasteiger partial charge in [0.15, 0.2) is 0 Å². The zero-order valence-corrected chi connectivity index (χ0v) is 11.8. The van der Waals surface area contributed by atoms with Crippen LogP contribution >= 0.6 is 0 Å². The number of hydrogen-bond donors (Lipinski definition) is 1. The van der Waals surface area contributed by atoms with Gasteiger partial charge in [0.25, 0.3) is 10.1 Å². The number of unbranched alkanes of at least 4 members (excludes halogenated alkanes) is 3. The Kier molecular flexibility index (Phi) is 7.71. The van der Waals surface area contributed by atoms with E-state index >= 15 is 0 Å². The summed E-state index contributed by atoms with van der Waals surface area (Å²) in [5.74, 6) is 0. The standard InChI is InChI=1S/C12H18O3S.Fe/c1-2-3-4-5-8-11-9-6-7-10-12(11)16(13,14)15;/h6-7,9-10H,2-5,8H2,1H3,(H,13,14,15);. The number of aryl methyl sites for hydroxylation is 1. The van der Waals surface area contributed by atoms with Crippen molar-refractivity contribution in [2.24, 2.45) is 0 Å². The Hall–Kier alpha value is -0.351. The van der Waals surface area contributed by atoms with Crippen molar-refractivity contribution in [3.8, 4) is 0 Å². The molecular formula is C12H18FeO3S. The van der Waals surface area contributed by atoms with E-state index in [9.17, 15) is 8.42 Å². The summed E-state index contributed by atoms with van der Waals surface area (Å²) >= 11 is 0. The van der Waals surface area contributed by atoms with E-state index in [1.807, 2.05) is 0 Å². The van der Waals surface area contributed by atoms with Crippen LogP contribution in [0.1, 0.15) is 38.2 Å². The van der Waals surface area contributed by atoms with Crippen LogP contribution in [0, 0.1) is 0 Å². The molecule has 5 heteroatoms. The van der Waals surface area contributed by atoms with Gasteiger partial charge in [-0.05, 0) is 24.5 Å². The molecule has 98 valence electrons. The molecule has 0 amide bonds. The summed E-state index contributed by atoms with van der Waals surface area (Å²) in [6.07, 6.45) is 5.07. The first-order valence-electron chi connectivity index (χ1n) is 5.61. The summed E-state index contributed by atoms with van der Waals surface area (Å²) in [5, 5.41) is 0. The molecule has 0 bridgehead atoms. The Balaban J connectivity index is 0.00000256. The summed E-state index contributed by atoms with van der Waals surface area (Å²) in [6.45, 7) is 2.13. The maximum absolute atomic E-state index is 11.1. The zero-order chi connectivity index (χ0) is 12.0. The number of benzene rings is 1. The Morgan fingerprint density at radius 1 is 1.12 bits per heavy atom. The van der Waals surface area contributed by atoms with Crippen LogP contribution in [0.25, 0.3) is 0 Å². The molecule has 0 spiro atoms. The van der Waals surface area contributed by atoms with Crippen molar-refractivity contribution >= 4 is 10.1 Å². The minimum absolute atomic E-state index is 0. The fourth-order valence-electron chi connectivity index (χ4n) is 1.70. The SMILES string of the molecule is CCCCCCc1ccccc1S(=O)(=O)O.[Fe]. The molecule has 0 aliphatic rings. The van der Waals surface area contributed by atoms with E-state index in [4.69, 9.17) is 4.55 Å². The summed E-state index contributed by atoms with van der Waals surface area (Å²) in [6, 6.07) is 6.63. The van der Waals surface area contributed by atoms with Gasteiger partial charge in [0.1, 0.15) is 0 Å². The van der Waals surface area contributed by atoms with Gasteiger partial charge in [-0.3, -0.25) is 4.55 Å². The smallest absolute Gasteiger partial charge is 0.282 e. The van der Waals surface area contributed by atoms with Gasteiger partial charge in [0, 0.05) is 17.1 Å². The van der Waals surface area contributed by atoms with Crippen molar-refractivity contribution in [1.82, 2.24) is 0 Å². The molecule has 1 aromatic rings. The topological polar surface area (TPSA) is 54.4 Å². The third kappa shape index (κ3) is 5.68. The third-order valence-electron chi connectivity index (χ3n) is 2.55. The largest absolute Gasteiger partial charge is 0.294 e. The number of hydrogen-bond acceptors (Lipinski definition) is 2. The van der Waals surface area contributed by atoms with E-state index in [1.165, 1.54) is 6.07 Å². The fraction of sp³-hybridized carbons (Fsp3) is 0.500. The first-order chi connectivity index (χ1) is 7.55. The van der Waals surface area contributed by atoms with E-state index in [-0.39, 0.29) is 22.0 Å². The van der Waals surface area contributed by atoms with Gasteiger partial charge in [0.2, 0.25) is 0 Å². The average Bonchev–Trinajstić information content (AvgIpc) is 2.24. The van der Waals surface area contributed by atoms with E-state index in [0.717, 1.165) is 25.7 Å². The van der Waals surface area contributed by atoms with Crippen molar-refractivity contribution < 1.29 is 30.0 Å². The minimum Gasteiger partial charge on any atom is -0.282 e. The molecule has 1 aromatic carbocycles. The van der Waals surface area contributed by atoms with Gasteiger partial charge in [-0.2, -0.15) is 8.42 Å². The molecule has 1 rings (SSSR count). The summed E-state index contributed by atoms with van der Waals surface area (Å²) in [5.41, 5.74) is 0.709. The molecule has 0 aliphatic carbocycles. The quantitative estimate of drug-likeness (QED) is 0.499. The molecule has 0 saturated heterocycles. The van der Waals surface area contributed by atoms with Crippen LogP contribution in [-0.2, 0) is 33.6 Å². The predicted molar refractivity (Wildman–Crippen MR) is 64.1 cm³/mol. The van der Waals surface area contributed by atoms with Crippen LogP contribution in [-0.4, -0.2) is 13.0 Å². The van der Waals surface area contributed by atoms with Gasteiger partial charge in [-0.25, -0.2) is 0 Å². The molecule has 0 aliphatic heterocycles. The minimum atomic E-state index is -4.08. The van der Waals surface area contributed by atoms with Crippen molar-refractivity contribution in [1.29, 1.82) is 0 Å². The average molecular weight is 298 g/mol. The van der Waals surface area contributed by atoms with Crippen LogP contribution in [0.5, 0.6) is 0 Å². The molecule has 0 atom stereocenters. The molecule has 17 heavy (non-hydrogen) atoms. The maximum atomic E-state index is 11.1. The number of rotatable bonds is 6. The molecule has 0 heterocycles. The molecule has 1 N–H and O–H groups in total. The van der Waals surface area contributed by atoms with E-state index in [1.54, 1.807) is 18.2 Å². The van der Waals surface area contributed by atoms with Gasteiger partial charge in [-0.1, -0.05) is 44.4 Å². The van der Waals surface area contributed by atoms with Gasteiger partial charge in [0.05, 0.1) is 4.90 Å². The Labute approximate surface area is 114 Å². The van der Waals surface area contributed by atoms with Crippen LogP contribution in [0.2, 0.25) is 0 Å². The second-order valence-electron chi connectivity index (χ2n) is 3.89. The molecule has 3 nitrogen and oxygen atoms in total. The molecular weight excluding hydrogens is 280 g/mol. The van der Waals surface area contributed by atoms with Gasteiger partial charge >= 0.3 is 0 Å². The van der Waals surface area contributed by atoms with E-state index in [0.29, 0.717) is 12.0 Å². The Morgan fingerprint density at radius 3 is 2.35 bits per heavy atom. The van der Waals surface area contributed by atoms with Crippen molar-refractivity contribution in [2.75, 3.05) is 0 Å². The monoisotopic (exact) mass is 298 g/mol. The molecule has 0 saturated carbocycles. The van der Waals surface area contributed by atoms with Crippen LogP contribution < -0.4 is 0 Å². The fourth-order valence-corrected chi connectivity index (χ4v) is 2.46. The van der Waals surface area contributed by atoms with Crippen LogP contribution in [0.15, 0.2) is 29.2 Å². The van der Waals surface area contributed by atoms with Crippen LogP contribution in [0.3, 0.4) is 0 Å². The normalized spacial score (nSPS) is 10.9. The van der Waals surface area contributed by atoms with Gasteiger partial charge < -0.3 is 0 Å². The predicted octanol–water partition coefficient (Wildman–Crippen LogP) is 3.05. The van der Waals surface area contributed by atoms with E-state index in [2.05, 4.69) is 6.92 Å². The first-order valence-corrected chi connectivity index (χ1v) is 7.05. The van der Waals surface area contributed by atoms with Gasteiger partial charge in [-0.15, -0.1) is 0 Å². The second-order valence-corrected chi connectivity index (χ2v) is 5.28. The third-order valence-corrected chi connectivity index (χ3v) is 3.50. The van der Waals surface area contributed by atoms with E-state index < -0.39 is 10.1 Å². The summed E-state index contributed by atoms with van der Waals surface area (Å²) in [4.78, 5) is 0.0477. The summed E-state index contributed by atoms with van der Waals surface area (Å²) in [7, 11) is -4.08. The Morgan fingerprint density at radius 2 is 1.76 bits per heavy atom. The zero-order valence-electron chi connectivity index (χ0n) is 9.87. The Bertz CT molecular complexity index is 429. The second kappa shape index (κ2) is 7.88. The van der Waals surface area contributed by atoms with Crippen molar-refractivity contribution in [3.05, 3.63) is 29.8 Å². The van der Waals surface area contributed by atoms with Crippen molar-refractivity contribution in [2.45, 2.75) is 43.9 Å². The molecule has 0 radical (unpaired) electrons. The van der Waals surface area contributed by atoms with Crippen LogP contribution in [0.4, 0.5) is 0 Å². The molecule has 0 unspecified atom stereocenters.